The average Bonchev–Trinajstić information content (AvgIpc) is 2.27. The van der Waals surface area contributed by atoms with Gasteiger partial charge < -0.3 is 10.2 Å². The van der Waals surface area contributed by atoms with E-state index in [0.717, 1.165) is 25.9 Å². The van der Waals surface area contributed by atoms with E-state index < -0.39 is 0 Å². The summed E-state index contributed by atoms with van der Waals surface area (Å²) >= 11 is 11.8. The van der Waals surface area contributed by atoms with Crippen LogP contribution in [-0.4, -0.2) is 37.0 Å². The van der Waals surface area contributed by atoms with E-state index in [-0.39, 0.29) is 11.9 Å². The average molecular weight is 287 g/mol. The summed E-state index contributed by atoms with van der Waals surface area (Å²) in [4.78, 5) is 14.3. The highest BCUT2D eigenvalue weighted by molar-refractivity contribution is 6.35. The van der Waals surface area contributed by atoms with Gasteiger partial charge in [0.05, 0.1) is 0 Å². The standard InChI is InChI=1S/C13H16Cl2N2O/c1-17-4-2-3-12(8-17)16-13(18)9-5-10(14)7-11(15)6-9/h5-7,12H,2-4,8H2,1H3,(H,16,18)/t12-/m1/s1. The molecular formula is C13H16Cl2N2O. The number of nitrogens with zero attached hydrogens (tertiary/aromatic N) is 1. The second kappa shape index (κ2) is 5.91. The van der Waals surface area contributed by atoms with E-state index in [2.05, 4.69) is 17.3 Å². The van der Waals surface area contributed by atoms with Gasteiger partial charge >= 0.3 is 0 Å². The lowest BCUT2D eigenvalue weighted by Crippen LogP contribution is -2.46. The normalized spacial score (nSPS) is 20.7. The molecule has 1 amide bonds. The van der Waals surface area contributed by atoms with Crippen LogP contribution in [0.1, 0.15) is 23.2 Å². The Morgan fingerprint density at radius 2 is 2.00 bits per heavy atom. The molecule has 1 N–H and O–H groups in total. The van der Waals surface area contributed by atoms with E-state index in [0.29, 0.717) is 15.6 Å². The number of hydrogen-bond donors (Lipinski definition) is 1. The van der Waals surface area contributed by atoms with E-state index >= 15 is 0 Å². The molecule has 5 heteroatoms. The number of nitrogens with one attached hydrogen (secondary N) is 1. The van der Waals surface area contributed by atoms with Crippen molar-refractivity contribution in [2.24, 2.45) is 0 Å². The highest BCUT2D eigenvalue weighted by Gasteiger charge is 2.19. The molecule has 18 heavy (non-hydrogen) atoms. The van der Waals surface area contributed by atoms with Crippen molar-refractivity contribution in [1.82, 2.24) is 10.2 Å². The summed E-state index contributed by atoms with van der Waals surface area (Å²) < 4.78 is 0. The molecule has 2 rings (SSSR count). The zero-order chi connectivity index (χ0) is 13.1. The molecule has 0 radical (unpaired) electrons. The van der Waals surface area contributed by atoms with Crippen LogP contribution in [0.5, 0.6) is 0 Å². The number of likely N-dealkylation sites (tertiary alicyclic amines) is 1. The molecule has 0 aromatic heterocycles. The van der Waals surface area contributed by atoms with Gasteiger partial charge in [-0.3, -0.25) is 4.79 Å². The minimum atomic E-state index is -0.111. The van der Waals surface area contributed by atoms with Crippen LogP contribution >= 0.6 is 23.2 Å². The van der Waals surface area contributed by atoms with Crippen molar-refractivity contribution in [3.05, 3.63) is 33.8 Å². The van der Waals surface area contributed by atoms with Crippen molar-refractivity contribution in [1.29, 1.82) is 0 Å². The summed E-state index contributed by atoms with van der Waals surface area (Å²) in [5.41, 5.74) is 0.515. The number of rotatable bonds is 2. The van der Waals surface area contributed by atoms with Crippen LogP contribution in [0.15, 0.2) is 18.2 Å². The number of halogens is 2. The van der Waals surface area contributed by atoms with Crippen LogP contribution in [-0.2, 0) is 0 Å². The predicted molar refractivity (Wildman–Crippen MR) is 74.4 cm³/mol. The molecule has 1 aliphatic rings. The van der Waals surface area contributed by atoms with Crippen molar-refractivity contribution in [3.8, 4) is 0 Å². The summed E-state index contributed by atoms with van der Waals surface area (Å²) in [5.74, 6) is -0.111. The molecule has 0 unspecified atom stereocenters. The lowest BCUT2D eigenvalue weighted by molar-refractivity contribution is 0.0912. The molecule has 0 aliphatic carbocycles. The number of hydrogen-bond acceptors (Lipinski definition) is 2. The Labute approximate surface area is 117 Å². The van der Waals surface area contributed by atoms with Crippen LogP contribution in [0.4, 0.5) is 0 Å². The Morgan fingerprint density at radius 1 is 1.33 bits per heavy atom. The fourth-order valence-corrected chi connectivity index (χ4v) is 2.76. The largest absolute Gasteiger partial charge is 0.348 e. The maximum atomic E-state index is 12.1. The van der Waals surface area contributed by atoms with Gasteiger partial charge in [0, 0.05) is 28.2 Å². The van der Waals surface area contributed by atoms with E-state index in [1.807, 2.05) is 0 Å². The van der Waals surface area contributed by atoms with Crippen LogP contribution in [0.25, 0.3) is 0 Å². The van der Waals surface area contributed by atoms with Crippen molar-refractivity contribution >= 4 is 29.1 Å². The lowest BCUT2D eigenvalue weighted by atomic mass is 10.1. The quantitative estimate of drug-likeness (QED) is 0.907. The zero-order valence-electron chi connectivity index (χ0n) is 10.2. The lowest BCUT2D eigenvalue weighted by Gasteiger charge is -2.30. The van der Waals surface area contributed by atoms with Gasteiger partial charge in [-0.2, -0.15) is 0 Å². The summed E-state index contributed by atoms with van der Waals surface area (Å²) in [5, 5.41) is 3.98. The molecule has 1 aromatic rings. The van der Waals surface area contributed by atoms with E-state index in [1.165, 1.54) is 0 Å². The second-order valence-corrected chi connectivity index (χ2v) is 5.61. The van der Waals surface area contributed by atoms with Gasteiger partial charge in [0.1, 0.15) is 0 Å². The van der Waals surface area contributed by atoms with Gasteiger partial charge in [0.25, 0.3) is 5.91 Å². The van der Waals surface area contributed by atoms with Gasteiger partial charge in [0.15, 0.2) is 0 Å². The van der Waals surface area contributed by atoms with Crippen molar-refractivity contribution < 1.29 is 4.79 Å². The summed E-state index contributed by atoms with van der Waals surface area (Å²) in [7, 11) is 2.06. The zero-order valence-corrected chi connectivity index (χ0v) is 11.8. The van der Waals surface area contributed by atoms with Crippen LogP contribution in [0.3, 0.4) is 0 Å². The van der Waals surface area contributed by atoms with E-state index in [1.54, 1.807) is 18.2 Å². The Hall–Kier alpha value is -0.770. The molecule has 1 saturated heterocycles. The molecule has 0 saturated carbocycles. The highest BCUT2D eigenvalue weighted by Crippen LogP contribution is 2.19. The third-order valence-electron chi connectivity index (χ3n) is 3.08. The van der Waals surface area contributed by atoms with Crippen molar-refractivity contribution in [3.63, 3.8) is 0 Å². The number of carbonyl (C=O) groups is 1. The van der Waals surface area contributed by atoms with E-state index in [9.17, 15) is 4.79 Å². The number of carbonyl (C=O) groups excluding carboxylic acids is 1. The molecule has 3 nitrogen and oxygen atoms in total. The molecule has 98 valence electrons. The smallest absolute Gasteiger partial charge is 0.251 e. The predicted octanol–water partition coefficient (Wildman–Crippen LogP) is 2.82. The fraction of sp³-hybridized carbons (Fsp3) is 0.462. The first kappa shape index (κ1) is 13.7. The number of likely N-dealkylation sites (N-methyl/N-ethyl adjacent to an activating group) is 1. The Bertz CT molecular complexity index is 430. The van der Waals surface area contributed by atoms with Gasteiger partial charge in [-0.1, -0.05) is 23.2 Å². The Morgan fingerprint density at radius 3 is 2.61 bits per heavy atom. The molecule has 1 atom stereocenters. The second-order valence-electron chi connectivity index (χ2n) is 4.73. The third-order valence-corrected chi connectivity index (χ3v) is 3.52. The Balaban J connectivity index is 2.02. The minimum Gasteiger partial charge on any atom is -0.348 e. The fourth-order valence-electron chi connectivity index (χ4n) is 2.24. The first-order valence-electron chi connectivity index (χ1n) is 6.00. The SMILES string of the molecule is CN1CCC[C@@H](NC(=O)c2cc(Cl)cc(Cl)c2)C1. The molecule has 1 aliphatic heterocycles. The first-order valence-corrected chi connectivity index (χ1v) is 6.75. The van der Waals surface area contributed by atoms with Crippen LogP contribution < -0.4 is 5.32 Å². The van der Waals surface area contributed by atoms with Crippen molar-refractivity contribution in [2.45, 2.75) is 18.9 Å². The topological polar surface area (TPSA) is 32.3 Å². The van der Waals surface area contributed by atoms with Crippen molar-refractivity contribution in [2.75, 3.05) is 20.1 Å². The van der Waals surface area contributed by atoms with E-state index in [4.69, 9.17) is 23.2 Å². The van der Waals surface area contributed by atoms with Gasteiger partial charge in [0.2, 0.25) is 0 Å². The molecule has 1 heterocycles. The summed E-state index contributed by atoms with van der Waals surface area (Å²) in [6, 6.07) is 5.09. The number of benzene rings is 1. The summed E-state index contributed by atoms with van der Waals surface area (Å²) in [6.45, 7) is 1.98. The van der Waals surface area contributed by atoms with Gasteiger partial charge in [-0.15, -0.1) is 0 Å². The number of piperidine rings is 1. The molecule has 1 aromatic carbocycles. The monoisotopic (exact) mass is 286 g/mol. The maximum absolute atomic E-state index is 12.1. The molecule has 0 spiro atoms. The molecular weight excluding hydrogens is 271 g/mol. The summed E-state index contributed by atoms with van der Waals surface area (Å²) in [6.07, 6.45) is 2.13. The highest BCUT2D eigenvalue weighted by atomic mass is 35.5. The maximum Gasteiger partial charge on any atom is 0.251 e. The molecule has 1 fully saturated rings. The van der Waals surface area contributed by atoms with Gasteiger partial charge in [-0.25, -0.2) is 0 Å². The Kier molecular flexibility index (Phi) is 4.49. The third kappa shape index (κ3) is 3.61. The minimum absolute atomic E-state index is 0.111. The molecule has 0 bridgehead atoms. The van der Waals surface area contributed by atoms with Crippen LogP contribution in [0, 0.1) is 0 Å². The number of amides is 1. The first-order chi connectivity index (χ1) is 8.54. The van der Waals surface area contributed by atoms with Crippen LogP contribution in [0.2, 0.25) is 10.0 Å². The van der Waals surface area contributed by atoms with Gasteiger partial charge in [-0.05, 0) is 44.6 Å².